The van der Waals surface area contributed by atoms with Crippen LogP contribution in [0.15, 0.2) is 12.7 Å². The van der Waals surface area contributed by atoms with Gasteiger partial charge in [0, 0.05) is 5.54 Å². The van der Waals surface area contributed by atoms with Crippen molar-refractivity contribution in [2.24, 2.45) is 10.8 Å². The van der Waals surface area contributed by atoms with E-state index in [2.05, 4.69) is 60.4 Å². The van der Waals surface area contributed by atoms with Gasteiger partial charge in [-0.05, 0) is 44.9 Å². The molecule has 0 rings (SSSR count). The van der Waals surface area contributed by atoms with Crippen LogP contribution in [-0.2, 0) is 4.79 Å². The zero-order valence-corrected chi connectivity index (χ0v) is 14.0. The minimum Gasteiger partial charge on any atom is -0.351 e. The number of nitrogens with one attached hydrogen (secondary N) is 1. The van der Waals surface area contributed by atoms with Crippen molar-refractivity contribution in [3.05, 3.63) is 12.7 Å². The molecule has 2 heteroatoms. The quantitative estimate of drug-likeness (QED) is 0.666. The SMILES string of the molecule is C=CCC(CC)(CC)C(=O)NC(C)(C)CC(C)(C)C. The monoisotopic (exact) mass is 267 g/mol. The second kappa shape index (κ2) is 6.58. The van der Waals surface area contributed by atoms with E-state index in [1.165, 1.54) is 0 Å². The van der Waals surface area contributed by atoms with E-state index in [0.717, 1.165) is 25.7 Å². The molecule has 0 saturated heterocycles. The first kappa shape index (κ1) is 18.2. The van der Waals surface area contributed by atoms with Crippen LogP contribution in [0.5, 0.6) is 0 Å². The maximum atomic E-state index is 12.7. The van der Waals surface area contributed by atoms with Crippen molar-refractivity contribution in [2.75, 3.05) is 0 Å². The molecule has 0 fully saturated rings. The number of carbonyl (C=O) groups is 1. The van der Waals surface area contributed by atoms with E-state index in [0.29, 0.717) is 0 Å². The van der Waals surface area contributed by atoms with Crippen LogP contribution in [0.3, 0.4) is 0 Å². The number of amides is 1. The molecule has 0 aliphatic carbocycles. The third-order valence-corrected chi connectivity index (χ3v) is 3.79. The highest BCUT2D eigenvalue weighted by atomic mass is 16.2. The normalized spacial score (nSPS) is 13.2. The lowest BCUT2D eigenvalue weighted by atomic mass is 9.76. The smallest absolute Gasteiger partial charge is 0.226 e. The zero-order valence-electron chi connectivity index (χ0n) is 14.0. The van der Waals surface area contributed by atoms with Crippen molar-refractivity contribution < 1.29 is 4.79 Å². The molecule has 1 N–H and O–H groups in total. The van der Waals surface area contributed by atoms with Gasteiger partial charge in [0.15, 0.2) is 0 Å². The zero-order chi connectivity index (χ0) is 15.3. The molecule has 0 spiro atoms. The largest absolute Gasteiger partial charge is 0.351 e. The van der Waals surface area contributed by atoms with E-state index in [1.54, 1.807) is 0 Å². The van der Waals surface area contributed by atoms with Crippen LogP contribution >= 0.6 is 0 Å². The van der Waals surface area contributed by atoms with Gasteiger partial charge in [-0.25, -0.2) is 0 Å². The number of rotatable bonds is 7. The summed E-state index contributed by atoms with van der Waals surface area (Å²) in [6, 6.07) is 0. The third-order valence-electron chi connectivity index (χ3n) is 3.79. The average Bonchev–Trinajstić information content (AvgIpc) is 2.21. The predicted molar refractivity (Wildman–Crippen MR) is 84.1 cm³/mol. The van der Waals surface area contributed by atoms with E-state index in [1.807, 2.05) is 6.08 Å². The maximum Gasteiger partial charge on any atom is 0.226 e. The fourth-order valence-electron chi connectivity index (χ4n) is 3.04. The predicted octanol–water partition coefficient (Wildman–Crippen LogP) is 4.70. The molecule has 0 aromatic rings. The van der Waals surface area contributed by atoms with Gasteiger partial charge < -0.3 is 5.32 Å². The minimum atomic E-state index is -0.295. The van der Waals surface area contributed by atoms with Crippen LogP contribution in [0.1, 0.15) is 74.1 Å². The second-order valence-corrected chi connectivity index (χ2v) is 7.56. The molecule has 2 nitrogen and oxygen atoms in total. The Morgan fingerprint density at radius 3 is 1.89 bits per heavy atom. The molecule has 112 valence electrons. The van der Waals surface area contributed by atoms with E-state index in [4.69, 9.17) is 0 Å². The number of hydrogen-bond acceptors (Lipinski definition) is 1. The Labute approximate surface area is 120 Å². The molecule has 0 radical (unpaired) electrons. The van der Waals surface area contributed by atoms with Crippen LogP contribution < -0.4 is 5.32 Å². The van der Waals surface area contributed by atoms with Crippen LogP contribution in [0, 0.1) is 10.8 Å². The van der Waals surface area contributed by atoms with Crippen molar-refractivity contribution in [1.29, 1.82) is 0 Å². The maximum absolute atomic E-state index is 12.7. The van der Waals surface area contributed by atoms with Crippen molar-refractivity contribution in [2.45, 2.75) is 79.7 Å². The van der Waals surface area contributed by atoms with Crippen LogP contribution in [0.2, 0.25) is 0 Å². The van der Waals surface area contributed by atoms with Crippen LogP contribution in [0.25, 0.3) is 0 Å². The Kier molecular flexibility index (Phi) is 6.31. The summed E-state index contributed by atoms with van der Waals surface area (Å²) in [6.45, 7) is 18.8. The lowest BCUT2D eigenvalue weighted by Gasteiger charge is -2.38. The summed E-state index contributed by atoms with van der Waals surface area (Å²) in [6.07, 6.45) is 5.28. The standard InChI is InChI=1S/C17H33NO/c1-9-12-17(10-2,11-3)14(19)18-16(7,8)13-15(4,5)6/h9H,1,10-13H2,2-8H3,(H,18,19). The molecule has 0 aromatic carbocycles. The van der Waals surface area contributed by atoms with Gasteiger partial charge in [-0.2, -0.15) is 0 Å². The Morgan fingerprint density at radius 1 is 1.11 bits per heavy atom. The molecular weight excluding hydrogens is 234 g/mol. The molecular formula is C17H33NO. The lowest BCUT2D eigenvalue weighted by Crippen LogP contribution is -2.51. The lowest BCUT2D eigenvalue weighted by molar-refractivity contribution is -0.133. The molecule has 0 aliphatic heterocycles. The summed E-state index contributed by atoms with van der Waals surface area (Å²) < 4.78 is 0. The Morgan fingerprint density at radius 2 is 1.58 bits per heavy atom. The van der Waals surface area contributed by atoms with E-state index >= 15 is 0 Å². The summed E-state index contributed by atoms with van der Waals surface area (Å²) in [5.41, 5.74) is -0.265. The highest BCUT2D eigenvalue weighted by Crippen LogP contribution is 2.33. The van der Waals surface area contributed by atoms with Gasteiger partial charge in [0.1, 0.15) is 0 Å². The number of allylic oxidation sites excluding steroid dienone is 1. The molecule has 1 amide bonds. The summed E-state index contributed by atoms with van der Waals surface area (Å²) in [5.74, 6) is 0.173. The molecule has 0 bridgehead atoms. The van der Waals surface area contributed by atoms with E-state index in [9.17, 15) is 4.79 Å². The van der Waals surface area contributed by atoms with Gasteiger partial charge in [0.05, 0.1) is 5.41 Å². The average molecular weight is 267 g/mol. The highest BCUT2D eigenvalue weighted by molar-refractivity contribution is 5.83. The molecule has 0 aliphatic rings. The van der Waals surface area contributed by atoms with Crippen molar-refractivity contribution in [1.82, 2.24) is 5.32 Å². The number of hydrogen-bond donors (Lipinski definition) is 1. The summed E-state index contributed by atoms with van der Waals surface area (Å²) >= 11 is 0. The van der Waals surface area contributed by atoms with Gasteiger partial charge in [-0.3, -0.25) is 4.79 Å². The first-order valence-corrected chi connectivity index (χ1v) is 7.45. The van der Waals surface area contributed by atoms with E-state index < -0.39 is 0 Å². The number of carbonyl (C=O) groups excluding carboxylic acids is 1. The van der Waals surface area contributed by atoms with Gasteiger partial charge in [-0.15, -0.1) is 6.58 Å². The Hall–Kier alpha value is -0.790. The van der Waals surface area contributed by atoms with Crippen molar-refractivity contribution in [3.63, 3.8) is 0 Å². The fraction of sp³-hybridized carbons (Fsp3) is 0.824. The molecule has 0 saturated carbocycles. The Balaban J connectivity index is 4.95. The van der Waals surface area contributed by atoms with Gasteiger partial charge >= 0.3 is 0 Å². The minimum absolute atomic E-state index is 0.173. The molecule has 0 heterocycles. The third kappa shape index (κ3) is 5.80. The Bertz CT molecular complexity index is 306. The molecule has 0 aromatic heterocycles. The fourth-order valence-corrected chi connectivity index (χ4v) is 3.04. The summed E-state index contributed by atoms with van der Waals surface area (Å²) in [7, 11) is 0. The highest BCUT2D eigenvalue weighted by Gasteiger charge is 2.37. The van der Waals surface area contributed by atoms with Gasteiger partial charge in [-0.1, -0.05) is 40.7 Å². The summed E-state index contributed by atoms with van der Waals surface area (Å²) in [5, 5.41) is 3.25. The van der Waals surface area contributed by atoms with Crippen LogP contribution in [-0.4, -0.2) is 11.4 Å². The molecule has 19 heavy (non-hydrogen) atoms. The van der Waals surface area contributed by atoms with Crippen LogP contribution in [0.4, 0.5) is 0 Å². The van der Waals surface area contributed by atoms with Gasteiger partial charge in [0.25, 0.3) is 0 Å². The molecule has 0 unspecified atom stereocenters. The van der Waals surface area contributed by atoms with E-state index in [-0.39, 0.29) is 22.3 Å². The first-order valence-electron chi connectivity index (χ1n) is 7.45. The second-order valence-electron chi connectivity index (χ2n) is 7.56. The first-order chi connectivity index (χ1) is 8.52. The van der Waals surface area contributed by atoms with Gasteiger partial charge in [0.2, 0.25) is 5.91 Å². The van der Waals surface area contributed by atoms with Crippen molar-refractivity contribution in [3.8, 4) is 0 Å². The van der Waals surface area contributed by atoms with Crippen molar-refractivity contribution >= 4 is 5.91 Å². The summed E-state index contributed by atoms with van der Waals surface area (Å²) in [4.78, 5) is 12.7. The molecule has 0 atom stereocenters. The topological polar surface area (TPSA) is 29.1 Å².